The lowest BCUT2D eigenvalue weighted by atomic mass is 9.65. The minimum Gasteiger partial charge on any atom is -0.504 e. The molecule has 1 unspecified atom stereocenters. The average Bonchev–Trinajstić information content (AvgIpc) is 3.46. The molecule has 1 saturated heterocycles. The molecule has 2 aliphatic heterocycles. The normalized spacial score (nSPS) is 23.8. The number of nitrogens with zero attached hydrogens (tertiary/aromatic N) is 1. The number of aromatic hydroxyl groups is 1. The Bertz CT molecular complexity index is 1200. The number of phenols is 1. The summed E-state index contributed by atoms with van der Waals surface area (Å²) in [6, 6.07) is 7.06. The second-order valence-electron chi connectivity index (χ2n) is 9.97. The van der Waals surface area contributed by atoms with Crippen LogP contribution in [0.5, 0.6) is 23.0 Å². The molecule has 0 bridgehead atoms. The largest absolute Gasteiger partial charge is 0.504 e. The molecule has 2 N–H and O–H groups in total. The number of hydrogen-bond donors (Lipinski definition) is 2. The summed E-state index contributed by atoms with van der Waals surface area (Å²) in [6.45, 7) is 2.94. The number of rotatable bonds is 7. The van der Waals surface area contributed by atoms with Crippen LogP contribution in [-0.2, 0) is 14.3 Å². The molecule has 3 aliphatic rings. The van der Waals surface area contributed by atoms with E-state index in [1.165, 1.54) is 7.11 Å². The number of benzene rings is 2. The van der Waals surface area contributed by atoms with Gasteiger partial charge in [-0.3, -0.25) is 9.59 Å². The van der Waals surface area contributed by atoms with Gasteiger partial charge in [0.05, 0.1) is 25.7 Å². The Morgan fingerprint density at radius 1 is 1.14 bits per heavy atom. The molecule has 0 radical (unpaired) electrons. The van der Waals surface area contributed by atoms with Crippen molar-refractivity contribution in [3.8, 4) is 23.0 Å². The minimum atomic E-state index is -0.515. The fourth-order valence-corrected chi connectivity index (χ4v) is 5.66. The Kier molecular flexibility index (Phi) is 6.42. The van der Waals surface area contributed by atoms with Crippen molar-refractivity contribution in [2.75, 3.05) is 41.1 Å². The first-order chi connectivity index (χ1) is 17.3. The van der Waals surface area contributed by atoms with Crippen molar-refractivity contribution in [2.24, 2.45) is 11.8 Å². The SMILES string of the molecule is COc1cc(C2c3cc4c(cc3[C@@H](NC(=O)CCCN(C)C)[C@H]3COC(=O)[C@H]23)OCO4)cc(C)c1O. The van der Waals surface area contributed by atoms with Gasteiger partial charge in [-0.2, -0.15) is 0 Å². The minimum absolute atomic E-state index is 0.0656. The molecule has 1 fully saturated rings. The first-order valence-electron chi connectivity index (χ1n) is 12.2. The summed E-state index contributed by atoms with van der Waals surface area (Å²) < 4.78 is 22.3. The van der Waals surface area contributed by atoms with E-state index in [2.05, 4.69) is 5.32 Å². The second kappa shape index (κ2) is 9.54. The third-order valence-corrected chi connectivity index (χ3v) is 7.38. The molecule has 36 heavy (non-hydrogen) atoms. The van der Waals surface area contributed by atoms with Crippen LogP contribution in [0.25, 0.3) is 0 Å². The Balaban J connectivity index is 1.60. The molecule has 0 spiro atoms. The maximum atomic E-state index is 13.1. The highest BCUT2D eigenvalue weighted by molar-refractivity contribution is 5.81. The van der Waals surface area contributed by atoms with Crippen LogP contribution in [0, 0.1) is 18.8 Å². The molecule has 2 heterocycles. The smallest absolute Gasteiger partial charge is 0.310 e. The molecule has 4 atom stereocenters. The number of ether oxygens (including phenoxy) is 4. The van der Waals surface area contributed by atoms with Crippen LogP contribution in [-0.4, -0.2) is 63.0 Å². The number of hydrogen-bond acceptors (Lipinski definition) is 8. The van der Waals surface area contributed by atoms with E-state index in [0.717, 1.165) is 29.7 Å². The van der Waals surface area contributed by atoms with Crippen molar-refractivity contribution < 1.29 is 33.6 Å². The van der Waals surface area contributed by atoms with E-state index in [0.29, 0.717) is 29.2 Å². The van der Waals surface area contributed by atoms with Crippen LogP contribution in [0.2, 0.25) is 0 Å². The van der Waals surface area contributed by atoms with Crippen LogP contribution in [0.1, 0.15) is 47.1 Å². The molecule has 192 valence electrons. The fraction of sp³-hybridized carbons (Fsp3) is 0.481. The first-order valence-corrected chi connectivity index (χ1v) is 12.2. The van der Waals surface area contributed by atoms with Crippen molar-refractivity contribution in [1.29, 1.82) is 0 Å². The predicted molar refractivity (Wildman–Crippen MR) is 130 cm³/mol. The summed E-state index contributed by atoms with van der Waals surface area (Å²) in [6.07, 6.45) is 1.12. The van der Waals surface area contributed by atoms with Crippen LogP contribution < -0.4 is 19.5 Å². The van der Waals surface area contributed by atoms with Crippen LogP contribution in [0.4, 0.5) is 0 Å². The molecule has 2 aromatic rings. The highest BCUT2D eigenvalue weighted by Gasteiger charge is 2.53. The number of aryl methyl sites for hydroxylation is 1. The predicted octanol–water partition coefficient (Wildman–Crippen LogP) is 2.87. The molecular formula is C27H32N2O7. The number of carbonyl (C=O) groups is 2. The number of phenolic OH excluding ortho intramolecular Hbond substituents is 1. The van der Waals surface area contributed by atoms with E-state index in [4.69, 9.17) is 18.9 Å². The van der Waals surface area contributed by atoms with Crippen LogP contribution in [0.15, 0.2) is 24.3 Å². The van der Waals surface area contributed by atoms with E-state index >= 15 is 0 Å². The highest BCUT2D eigenvalue weighted by atomic mass is 16.7. The van der Waals surface area contributed by atoms with Gasteiger partial charge in [-0.15, -0.1) is 0 Å². The van der Waals surface area contributed by atoms with E-state index in [1.807, 2.05) is 37.2 Å². The van der Waals surface area contributed by atoms with Gasteiger partial charge in [-0.05, 0) is 74.4 Å². The van der Waals surface area contributed by atoms with Gasteiger partial charge in [0.15, 0.2) is 23.0 Å². The molecule has 0 saturated carbocycles. The van der Waals surface area contributed by atoms with Gasteiger partial charge in [0.1, 0.15) is 0 Å². The van der Waals surface area contributed by atoms with E-state index in [9.17, 15) is 14.7 Å². The number of amides is 1. The summed E-state index contributed by atoms with van der Waals surface area (Å²) >= 11 is 0. The zero-order chi connectivity index (χ0) is 25.6. The lowest BCUT2D eigenvalue weighted by Gasteiger charge is -2.39. The number of carbonyl (C=O) groups excluding carboxylic acids is 2. The standard InChI is InChI=1S/C27H32N2O7/c1-14-8-15(9-21(33-4)26(14)31)23-16-10-19-20(36-13-35-19)11-17(16)25(18-12-34-27(32)24(18)23)28-22(30)6-5-7-29(2)3/h8-11,18,23-25,31H,5-7,12-13H2,1-4H3,(H,28,30)/t18-,23?,24-,25+/m0/s1. The van der Waals surface area contributed by atoms with Gasteiger partial charge in [0.25, 0.3) is 0 Å². The Labute approximate surface area is 210 Å². The first kappa shape index (κ1) is 24.2. The zero-order valence-electron chi connectivity index (χ0n) is 21.0. The Morgan fingerprint density at radius 2 is 1.86 bits per heavy atom. The maximum Gasteiger partial charge on any atom is 0.310 e. The fourth-order valence-electron chi connectivity index (χ4n) is 5.66. The average molecular weight is 497 g/mol. The molecule has 9 nitrogen and oxygen atoms in total. The van der Waals surface area contributed by atoms with Gasteiger partial charge in [-0.1, -0.05) is 6.07 Å². The number of nitrogens with one attached hydrogen (secondary N) is 1. The molecule has 9 heteroatoms. The van der Waals surface area contributed by atoms with Gasteiger partial charge >= 0.3 is 5.97 Å². The molecule has 0 aromatic heterocycles. The third kappa shape index (κ3) is 4.21. The number of cyclic esters (lactones) is 1. The summed E-state index contributed by atoms with van der Waals surface area (Å²) in [5.41, 5.74) is 3.22. The summed E-state index contributed by atoms with van der Waals surface area (Å²) in [5.74, 6) is 0.109. The summed E-state index contributed by atoms with van der Waals surface area (Å²) in [5, 5.41) is 13.6. The van der Waals surface area contributed by atoms with Gasteiger partial charge in [-0.25, -0.2) is 0 Å². The monoisotopic (exact) mass is 496 g/mol. The van der Waals surface area contributed by atoms with E-state index in [1.54, 1.807) is 13.0 Å². The van der Waals surface area contributed by atoms with Crippen molar-refractivity contribution in [3.63, 3.8) is 0 Å². The lowest BCUT2D eigenvalue weighted by molar-refractivity contribution is -0.141. The topological polar surface area (TPSA) is 107 Å². The third-order valence-electron chi connectivity index (χ3n) is 7.38. The van der Waals surface area contributed by atoms with Crippen molar-refractivity contribution in [3.05, 3.63) is 46.5 Å². The lowest BCUT2D eigenvalue weighted by Crippen LogP contribution is -2.42. The molecule has 1 amide bonds. The molecular weight excluding hydrogens is 464 g/mol. The van der Waals surface area contributed by atoms with Gasteiger partial charge < -0.3 is 34.3 Å². The molecule has 5 rings (SSSR count). The quantitative estimate of drug-likeness (QED) is 0.564. The number of methoxy groups -OCH3 is 1. The molecule has 2 aromatic carbocycles. The van der Waals surface area contributed by atoms with Crippen LogP contribution in [0.3, 0.4) is 0 Å². The molecule has 1 aliphatic carbocycles. The Hall–Kier alpha value is -3.46. The van der Waals surface area contributed by atoms with Crippen molar-refractivity contribution in [2.45, 2.75) is 31.7 Å². The maximum absolute atomic E-state index is 13.1. The summed E-state index contributed by atoms with van der Waals surface area (Å²) in [7, 11) is 5.45. The summed E-state index contributed by atoms with van der Waals surface area (Å²) in [4.78, 5) is 28.2. The number of esters is 1. The number of fused-ring (bicyclic) bond motifs is 3. The highest BCUT2D eigenvalue weighted by Crippen LogP contribution is 2.55. The zero-order valence-corrected chi connectivity index (χ0v) is 21.0. The Morgan fingerprint density at radius 3 is 2.56 bits per heavy atom. The van der Waals surface area contributed by atoms with Crippen LogP contribution >= 0.6 is 0 Å². The van der Waals surface area contributed by atoms with Gasteiger partial charge in [0, 0.05) is 18.3 Å². The van der Waals surface area contributed by atoms with Gasteiger partial charge in [0.2, 0.25) is 12.7 Å². The van der Waals surface area contributed by atoms with E-state index in [-0.39, 0.29) is 42.9 Å². The van der Waals surface area contributed by atoms with Crippen molar-refractivity contribution in [1.82, 2.24) is 10.2 Å². The van der Waals surface area contributed by atoms with Crippen molar-refractivity contribution >= 4 is 11.9 Å². The second-order valence-corrected chi connectivity index (χ2v) is 9.97. The van der Waals surface area contributed by atoms with E-state index < -0.39 is 12.0 Å².